The number of nitro groups is 1. The molecular weight excluding hydrogens is 250 g/mol. The van der Waals surface area contributed by atoms with Crippen LogP contribution in [0.15, 0.2) is 18.3 Å². The Morgan fingerprint density at radius 3 is 3.16 bits per heavy atom. The molecule has 1 aromatic heterocycles. The maximum absolute atomic E-state index is 11.8. The molecule has 1 aliphatic heterocycles. The molecule has 19 heavy (non-hydrogen) atoms. The molecule has 1 unspecified atom stereocenters. The van der Waals surface area contributed by atoms with Crippen molar-refractivity contribution in [3.63, 3.8) is 0 Å². The highest BCUT2D eigenvalue weighted by molar-refractivity contribution is 5.81. The summed E-state index contributed by atoms with van der Waals surface area (Å²) in [5.41, 5.74) is -0.0845. The van der Waals surface area contributed by atoms with Gasteiger partial charge in [0, 0.05) is 18.8 Å². The molecule has 7 nitrogen and oxygen atoms in total. The maximum atomic E-state index is 11.8. The van der Waals surface area contributed by atoms with E-state index in [1.165, 1.54) is 18.3 Å². The topological polar surface area (TPSA) is 85.6 Å². The molecule has 2 rings (SSSR count). The monoisotopic (exact) mass is 265 g/mol. The van der Waals surface area contributed by atoms with Gasteiger partial charge in [-0.25, -0.2) is 9.78 Å². The summed E-state index contributed by atoms with van der Waals surface area (Å²) in [6.45, 7) is 2.61. The lowest BCUT2D eigenvalue weighted by molar-refractivity contribution is -0.384. The van der Waals surface area contributed by atoms with Crippen molar-refractivity contribution in [2.24, 2.45) is 0 Å². The van der Waals surface area contributed by atoms with Crippen molar-refractivity contribution < 1.29 is 14.5 Å². The van der Waals surface area contributed by atoms with Crippen LogP contribution >= 0.6 is 0 Å². The summed E-state index contributed by atoms with van der Waals surface area (Å²) < 4.78 is 5.00. The Morgan fingerprint density at radius 2 is 2.47 bits per heavy atom. The molecule has 0 amide bonds. The van der Waals surface area contributed by atoms with Crippen LogP contribution in [0.5, 0.6) is 0 Å². The molecule has 1 aromatic rings. The van der Waals surface area contributed by atoms with Crippen molar-refractivity contribution >= 4 is 17.5 Å². The standard InChI is InChI=1S/C12H15N3O4/c1-2-19-12(16)10-6-4-8-14(10)11-9(15(17)18)5-3-7-13-11/h3,5,7,10H,2,4,6,8H2,1H3. The highest BCUT2D eigenvalue weighted by Crippen LogP contribution is 2.31. The number of ether oxygens (including phenoxy) is 1. The van der Waals surface area contributed by atoms with E-state index in [1.807, 2.05) is 0 Å². The SMILES string of the molecule is CCOC(=O)C1CCCN1c1ncccc1[N+](=O)[O-]. The van der Waals surface area contributed by atoms with Crippen LogP contribution in [0.4, 0.5) is 11.5 Å². The predicted molar refractivity (Wildman–Crippen MR) is 67.9 cm³/mol. The Bertz CT molecular complexity index is 492. The molecule has 0 bridgehead atoms. The van der Waals surface area contributed by atoms with Crippen LogP contribution in [-0.4, -0.2) is 35.1 Å². The van der Waals surface area contributed by atoms with Crippen molar-refractivity contribution in [2.45, 2.75) is 25.8 Å². The number of carbonyl (C=O) groups excluding carboxylic acids is 1. The second-order valence-electron chi connectivity index (χ2n) is 4.21. The lowest BCUT2D eigenvalue weighted by Crippen LogP contribution is -2.38. The zero-order valence-corrected chi connectivity index (χ0v) is 10.6. The van der Waals surface area contributed by atoms with E-state index in [0.29, 0.717) is 19.6 Å². The summed E-state index contributed by atoms with van der Waals surface area (Å²) in [4.78, 5) is 28.1. The smallest absolute Gasteiger partial charge is 0.328 e. The Morgan fingerprint density at radius 1 is 1.68 bits per heavy atom. The number of hydrogen-bond donors (Lipinski definition) is 0. The molecule has 1 atom stereocenters. The number of nitrogens with zero attached hydrogens (tertiary/aromatic N) is 3. The summed E-state index contributed by atoms with van der Waals surface area (Å²) in [5.74, 6) is -0.108. The molecule has 0 radical (unpaired) electrons. The first-order chi connectivity index (χ1) is 9.15. The Kier molecular flexibility index (Phi) is 3.94. The minimum Gasteiger partial charge on any atom is -0.464 e. The van der Waals surface area contributed by atoms with Gasteiger partial charge in [-0.3, -0.25) is 10.1 Å². The molecule has 0 aromatic carbocycles. The quantitative estimate of drug-likeness (QED) is 0.466. The van der Waals surface area contributed by atoms with Gasteiger partial charge >= 0.3 is 11.7 Å². The van der Waals surface area contributed by atoms with Gasteiger partial charge < -0.3 is 9.64 Å². The van der Waals surface area contributed by atoms with Crippen molar-refractivity contribution in [2.75, 3.05) is 18.1 Å². The van der Waals surface area contributed by atoms with Crippen LogP contribution in [0, 0.1) is 10.1 Å². The second-order valence-corrected chi connectivity index (χ2v) is 4.21. The zero-order valence-electron chi connectivity index (χ0n) is 10.6. The van der Waals surface area contributed by atoms with Crippen LogP contribution in [0.1, 0.15) is 19.8 Å². The molecule has 1 saturated heterocycles. The van der Waals surface area contributed by atoms with Crippen LogP contribution in [0.2, 0.25) is 0 Å². The average Bonchev–Trinajstić information content (AvgIpc) is 2.88. The van der Waals surface area contributed by atoms with Crippen molar-refractivity contribution in [1.29, 1.82) is 0 Å². The first-order valence-corrected chi connectivity index (χ1v) is 6.17. The van der Waals surface area contributed by atoms with Gasteiger partial charge in [0.1, 0.15) is 6.04 Å². The van der Waals surface area contributed by atoms with E-state index in [0.717, 1.165) is 6.42 Å². The van der Waals surface area contributed by atoms with E-state index in [1.54, 1.807) is 11.8 Å². The lowest BCUT2D eigenvalue weighted by atomic mass is 10.2. The van der Waals surface area contributed by atoms with Gasteiger partial charge in [0.2, 0.25) is 5.82 Å². The number of rotatable bonds is 4. The molecular formula is C12H15N3O4. The van der Waals surface area contributed by atoms with Gasteiger partial charge in [-0.2, -0.15) is 0 Å². The predicted octanol–water partition coefficient (Wildman–Crippen LogP) is 1.52. The van der Waals surface area contributed by atoms with Gasteiger partial charge in [-0.1, -0.05) is 0 Å². The number of aromatic nitrogens is 1. The van der Waals surface area contributed by atoms with E-state index in [-0.39, 0.29) is 17.5 Å². The van der Waals surface area contributed by atoms with E-state index in [4.69, 9.17) is 4.74 Å². The van der Waals surface area contributed by atoms with Gasteiger partial charge in [-0.05, 0) is 25.8 Å². The molecule has 102 valence electrons. The van der Waals surface area contributed by atoms with Crippen molar-refractivity contribution in [3.8, 4) is 0 Å². The van der Waals surface area contributed by atoms with Gasteiger partial charge in [0.05, 0.1) is 11.5 Å². The fourth-order valence-electron chi connectivity index (χ4n) is 2.26. The number of pyridine rings is 1. The largest absolute Gasteiger partial charge is 0.464 e. The molecule has 0 saturated carbocycles. The summed E-state index contributed by atoms with van der Waals surface area (Å²) in [6.07, 6.45) is 2.91. The third-order valence-corrected chi connectivity index (χ3v) is 3.05. The fourth-order valence-corrected chi connectivity index (χ4v) is 2.26. The molecule has 7 heteroatoms. The number of carbonyl (C=O) groups is 1. The number of anilines is 1. The van der Waals surface area contributed by atoms with Crippen LogP contribution in [0.25, 0.3) is 0 Å². The lowest BCUT2D eigenvalue weighted by Gasteiger charge is -2.23. The minimum absolute atomic E-state index is 0.0845. The number of hydrogen-bond acceptors (Lipinski definition) is 6. The van der Waals surface area contributed by atoms with Crippen LogP contribution in [0.3, 0.4) is 0 Å². The molecule has 1 fully saturated rings. The molecule has 1 aliphatic rings. The van der Waals surface area contributed by atoms with E-state index in [9.17, 15) is 14.9 Å². The average molecular weight is 265 g/mol. The Hall–Kier alpha value is -2.18. The summed E-state index contributed by atoms with van der Waals surface area (Å²) in [7, 11) is 0. The highest BCUT2D eigenvalue weighted by Gasteiger charge is 2.36. The van der Waals surface area contributed by atoms with Crippen LogP contribution in [-0.2, 0) is 9.53 Å². The third kappa shape index (κ3) is 2.64. The molecule has 0 N–H and O–H groups in total. The van der Waals surface area contributed by atoms with E-state index in [2.05, 4.69) is 4.98 Å². The van der Waals surface area contributed by atoms with Crippen molar-refractivity contribution in [1.82, 2.24) is 4.98 Å². The summed E-state index contributed by atoms with van der Waals surface area (Å²) in [5, 5.41) is 11.0. The first-order valence-electron chi connectivity index (χ1n) is 6.17. The normalized spacial score (nSPS) is 18.4. The summed E-state index contributed by atoms with van der Waals surface area (Å²) >= 11 is 0. The number of esters is 1. The third-order valence-electron chi connectivity index (χ3n) is 3.05. The summed E-state index contributed by atoms with van der Waals surface area (Å²) in [6, 6.07) is 2.42. The minimum atomic E-state index is -0.483. The van der Waals surface area contributed by atoms with E-state index < -0.39 is 11.0 Å². The molecule has 0 spiro atoms. The first kappa shape index (κ1) is 13.3. The Labute approximate surface area is 110 Å². The molecule has 0 aliphatic carbocycles. The highest BCUT2D eigenvalue weighted by atomic mass is 16.6. The maximum Gasteiger partial charge on any atom is 0.328 e. The van der Waals surface area contributed by atoms with Gasteiger partial charge in [-0.15, -0.1) is 0 Å². The van der Waals surface area contributed by atoms with E-state index >= 15 is 0 Å². The van der Waals surface area contributed by atoms with Crippen LogP contribution < -0.4 is 4.90 Å². The van der Waals surface area contributed by atoms with Crippen molar-refractivity contribution in [3.05, 3.63) is 28.4 Å². The second kappa shape index (κ2) is 5.64. The molecule has 2 heterocycles. The fraction of sp³-hybridized carbons (Fsp3) is 0.500. The van der Waals surface area contributed by atoms with Gasteiger partial charge in [0.15, 0.2) is 0 Å². The van der Waals surface area contributed by atoms with Gasteiger partial charge in [0.25, 0.3) is 0 Å². The zero-order chi connectivity index (χ0) is 13.8. The Balaban J connectivity index is 2.30.